The zero-order chi connectivity index (χ0) is 16.5. The predicted octanol–water partition coefficient (Wildman–Crippen LogP) is 3.65. The van der Waals surface area contributed by atoms with Gasteiger partial charge in [0, 0.05) is 0 Å². The molecule has 0 unspecified atom stereocenters. The minimum Gasteiger partial charge on any atom is -0.478 e. The molecule has 6 nitrogen and oxygen atoms in total. The molecule has 6 heteroatoms. The number of nitrogens with one attached hydrogen (secondary N) is 2. The summed E-state index contributed by atoms with van der Waals surface area (Å²) in [5, 5.41) is 8.74. The van der Waals surface area contributed by atoms with E-state index in [0.29, 0.717) is 12.1 Å². The molecule has 0 bridgehead atoms. The summed E-state index contributed by atoms with van der Waals surface area (Å²) in [7, 11) is 0. The quantitative estimate of drug-likeness (QED) is 0.722. The Morgan fingerprint density at radius 1 is 1.19 bits per heavy atom. The Morgan fingerprint density at radius 3 is 2.14 bits per heavy atom. The fourth-order valence-corrected chi connectivity index (χ4v) is 1.17. The number of benzene rings is 1. The largest absolute Gasteiger partial charge is 0.478 e. The Balaban J connectivity index is 0.00000191. The number of rotatable bonds is 5. The van der Waals surface area contributed by atoms with Crippen molar-refractivity contribution in [3.05, 3.63) is 29.8 Å². The second kappa shape index (κ2) is 8.84. The molecule has 1 aromatic rings. The number of amides is 1. The van der Waals surface area contributed by atoms with Crippen LogP contribution in [0.4, 0.5) is 10.5 Å². The minimum atomic E-state index is -0.997. The first-order valence-electron chi connectivity index (χ1n) is 6.92. The van der Waals surface area contributed by atoms with Crippen molar-refractivity contribution in [1.29, 1.82) is 0 Å². The number of hydrogen-bond donors (Lipinski definition) is 3. The first kappa shape index (κ1) is 18.8. The van der Waals surface area contributed by atoms with Gasteiger partial charge in [0.1, 0.15) is 5.60 Å². The first-order valence-corrected chi connectivity index (χ1v) is 6.92. The Labute approximate surface area is 125 Å². The van der Waals surface area contributed by atoms with Crippen molar-refractivity contribution >= 4 is 17.7 Å². The number of ether oxygens (including phenoxy) is 1. The number of carbonyl (C=O) groups excluding carboxylic acids is 1. The Morgan fingerprint density at radius 2 is 1.71 bits per heavy atom. The van der Waals surface area contributed by atoms with Gasteiger partial charge in [-0.25, -0.2) is 15.0 Å². The molecule has 0 saturated heterocycles. The van der Waals surface area contributed by atoms with E-state index in [2.05, 4.69) is 10.9 Å². The van der Waals surface area contributed by atoms with Crippen molar-refractivity contribution in [2.75, 3.05) is 5.43 Å². The SMILES string of the molecule is CC.CCC(C)(C)OC(=O)NNc1ccc(C(=O)O)cc1. The summed E-state index contributed by atoms with van der Waals surface area (Å²) < 4.78 is 5.16. The summed E-state index contributed by atoms with van der Waals surface area (Å²) >= 11 is 0. The van der Waals surface area contributed by atoms with Crippen LogP contribution in [0, 0.1) is 0 Å². The van der Waals surface area contributed by atoms with Crippen LogP contribution >= 0.6 is 0 Å². The average molecular weight is 296 g/mol. The van der Waals surface area contributed by atoms with Crippen LogP contribution in [0.25, 0.3) is 0 Å². The third-order valence-electron chi connectivity index (χ3n) is 2.66. The summed E-state index contributed by atoms with van der Waals surface area (Å²) in [6.45, 7) is 9.55. The number of hydrazine groups is 1. The number of carbonyl (C=O) groups is 2. The number of anilines is 1. The number of hydrogen-bond acceptors (Lipinski definition) is 4. The fourth-order valence-electron chi connectivity index (χ4n) is 1.17. The van der Waals surface area contributed by atoms with Crippen molar-refractivity contribution in [1.82, 2.24) is 5.43 Å². The lowest BCUT2D eigenvalue weighted by Gasteiger charge is -2.23. The van der Waals surface area contributed by atoms with Gasteiger partial charge in [0.15, 0.2) is 0 Å². The molecule has 0 aliphatic carbocycles. The molecule has 1 rings (SSSR count). The molecule has 1 aromatic carbocycles. The van der Waals surface area contributed by atoms with Gasteiger partial charge in [-0.1, -0.05) is 20.8 Å². The van der Waals surface area contributed by atoms with Gasteiger partial charge in [-0.05, 0) is 44.5 Å². The molecule has 0 heterocycles. The molecule has 0 aromatic heterocycles. The highest BCUT2D eigenvalue weighted by Crippen LogP contribution is 2.13. The fraction of sp³-hybridized carbons (Fsp3) is 0.467. The van der Waals surface area contributed by atoms with Gasteiger partial charge in [-0.15, -0.1) is 0 Å². The van der Waals surface area contributed by atoms with Crippen LogP contribution < -0.4 is 10.9 Å². The first-order chi connectivity index (χ1) is 9.84. The van der Waals surface area contributed by atoms with E-state index in [9.17, 15) is 9.59 Å². The summed E-state index contributed by atoms with van der Waals surface area (Å²) in [6.07, 6.45) is 0.113. The maximum atomic E-state index is 11.5. The van der Waals surface area contributed by atoms with Gasteiger partial charge in [0.2, 0.25) is 0 Å². The number of aromatic carboxylic acids is 1. The van der Waals surface area contributed by atoms with E-state index in [4.69, 9.17) is 9.84 Å². The second-order valence-corrected chi connectivity index (χ2v) is 4.64. The second-order valence-electron chi connectivity index (χ2n) is 4.64. The van der Waals surface area contributed by atoms with E-state index in [-0.39, 0.29) is 5.56 Å². The molecular formula is C15H24N2O4. The van der Waals surface area contributed by atoms with Crippen LogP contribution in [0.3, 0.4) is 0 Å². The van der Waals surface area contributed by atoms with Crippen LogP contribution in [-0.4, -0.2) is 22.8 Å². The molecule has 3 N–H and O–H groups in total. The molecule has 0 spiro atoms. The molecule has 21 heavy (non-hydrogen) atoms. The van der Waals surface area contributed by atoms with Gasteiger partial charge in [-0.3, -0.25) is 5.43 Å². The standard InChI is InChI=1S/C13H18N2O4.C2H6/c1-4-13(2,3)19-12(18)15-14-10-7-5-9(6-8-10)11(16)17;1-2/h5-8,14H,4H2,1-3H3,(H,15,18)(H,16,17);1-2H3. The molecule has 0 atom stereocenters. The predicted molar refractivity (Wildman–Crippen MR) is 82.4 cm³/mol. The smallest absolute Gasteiger partial charge is 0.426 e. The highest BCUT2D eigenvalue weighted by Gasteiger charge is 2.19. The third kappa shape index (κ3) is 7.20. The van der Waals surface area contributed by atoms with Crippen LogP contribution in [0.15, 0.2) is 24.3 Å². The van der Waals surface area contributed by atoms with Crippen molar-refractivity contribution in [2.45, 2.75) is 46.6 Å². The highest BCUT2D eigenvalue weighted by molar-refractivity contribution is 5.88. The van der Waals surface area contributed by atoms with Gasteiger partial charge in [0.25, 0.3) is 0 Å². The van der Waals surface area contributed by atoms with Crippen LogP contribution in [0.2, 0.25) is 0 Å². The van der Waals surface area contributed by atoms with E-state index in [1.54, 1.807) is 12.1 Å². The summed E-state index contributed by atoms with van der Waals surface area (Å²) in [6, 6.07) is 5.98. The lowest BCUT2D eigenvalue weighted by atomic mass is 10.1. The van der Waals surface area contributed by atoms with Gasteiger partial charge >= 0.3 is 12.1 Å². The Kier molecular flexibility index (Phi) is 7.89. The van der Waals surface area contributed by atoms with Crippen molar-refractivity contribution in [3.8, 4) is 0 Å². The molecule has 0 fully saturated rings. The van der Waals surface area contributed by atoms with Gasteiger partial charge in [0.05, 0.1) is 11.3 Å². The van der Waals surface area contributed by atoms with E-state index >= 15 is 0 Å². The van der Waals surface area contributed by atoms with Crippen molar-refractivity contribution in [3.63, 3.8) is 0 Å². The topological polar surface area (TPSA) is 87.7 Å². The third-order valence-corrected chi connectivity index (χ3v) is 2.66. The molecule has 0 saturated carbocycles. The van der Waals surface area contributed by atoms with Crippen molar-refractivity contribution in [2.24, 2.45) is 0 Å². The highest BCUT2D eigenvalue weighted by atomic mass is 16.6. The molecule has 118 valence electrons. The van der Waals surface area contributed by atoms with E-state index in [1.807, 2.05) is 34.6 Å². The summed E-state index contributed by atoms with van der Waals surface area (Å²) in [5.41, 5.74) is 5.24. The molecule has 1 amide bonds. The lowest BCUT2D eigenvalue weighted by molar-refractivity contribution is 0.0375. The summed E-state index contributed by atoms with van der Waals surface area (Å²) in [5.74, 6) is -0.997. The maximum absolute atomic E-state index is 11.5. The van der Waals surface area contributed by atoms with Gasteiger partial charge in [-0.2, -0.15) is 0 Å². The average Bonchev–Trinajstić information content (AvgIpc) is 2.47. The van der Waals surface area contributed by atoms with Crippen LogP contribution in [0.1, 0.15) is 51.4 Å². The number of carboxylic acids is 1. The van der Waals surface area contributed by atoms with E-state index in [0.717, 1.165) is 0 Å². The molecule has 0 aliphatic heterocycles. The monoisotopic (exact) mass is 296 g/mol. The normalized spacial score (nSPS) is 9.95. The molecule has 0 radical (unpaired) electrons. The summed E-state index contributed by atoms with van der Waals surface area (Å²) in [4.78, 5) is 22.1. The van der Waals surface area contributed by atoms with Gasteiger partial charge < -0.3 is 9.84 Å². The zero-order valence-electron chi connectivity index (χ0n) is 13.2. The van der Waals surface area contributed by atoms with E-state index in [1.165, 1.54) is 12.1 Å². The van der Waals surface area contributed by atoms with E-state index < -0.39 is 17.7 Å². The Bertz CT molecular complexity index is 455. The molecule has 0 aliphatic rings. The lowest BCUT2D eigenvalue weighted by Crippen LogP contribution is -2.37. The number of carboxylic acid groups (broad SMARTS) is 1. The minimum absolute atomic E-state index is 0.181. The zero-order valence-corrected chi connectivity index (χ0v) is 13.2. The molecular weight excluding hydrogens is 272 g/mol. The van der Waals surface area contributed by atoms with Crippen molar-refractivity contribution < 1.29 is 19.4 Å². The Hall–Kier alpha value is -2.24. The van der Waals surface area contributed by atoms with Crippen LogP contribution in [-0.2, 0) is 4.74 Å². The van der Waals surface area contributed by atoms with Crippen LogP contribution in [0.5, 0.6) is 0 Å². The maximum Gasteiger partial charge on any atom is 0.426 e.